The van der Waals surface area contributed by atoms with Crippen LogP contribution in [0, 0.1) is 0 Å². The Morgan fingerprint density at radius 3 is 2.58 bits per heavy atom. The van der Waals surface area contributed by atoms with Crippen LogP contribution in [0.15, 0.2) is 42.6 Å². The molecule has 0 saturated carbocycles. The standard InChI is InChI=1S/C20H24N2O4/c1-5-16-15(14-9-7-8-10-17(14)21-16)11-12-22(6-2)18(20(24)26-4)13-19(23)25-3/h5,7-10,13,21H,1,6,11-12H2,2-4H3/b18-13+. The third-order valence-corrected chi connectivity index (χ3v) is 4.26. The van der Waals surface area contributed by atoms with Gasteiger partial charge in [0.2, 0.25) is 0 Å². The molecule has 2 aromatic rings. The first-order chi connectivity index (χ1) is 12.5. The average Bonchev–Trinajstić information content (AvgIpc) is 3.04. The predicted octanol–water partition coefficient (Wildman–Crippen LogP) is 2.91. The smallest absolute Gasteiger partial charge is 0.354 e. The number of benzene rings is 1. The Balaban J connectivity index is 2.30. The fraction of sp³-hybridized carbons (Fsp3) is 0.300. The van der Waals surface area contributed by atoms with E-state index in [0.717, 1.165) is 22.2 Å². The molecule has 0 amide bonds. The zero-order valence-corrected chi connectivity index (χ0v) is 15.4. The maximum Gasteiger partial charge on any atom is 0.354 e. The Kier molecular flexibility index (Phi) is 6.60. The Morgan fingerprint density at radius 1 is 1.23 bits per heavy atom. The Morgan fingerprint density at radius 2 is 1.96 bits per heavy atom. The molecular formula is C20H24N2O4. The van der Waals surface area contributed by atoms with Crippen LogP contribution >= 0.6 is 0 Å². The number of carbonyl (C=O) groups excluding carboxylic acids is 2. The van der Waals surface area contributed by atoms with Crippen LogP contribution < -0.4 is 0 Å². The third kappa shape index (κ3) is 4.14. The first-order valence-electron chi connectivity index (χ1n) is 8.40. The van der Waals surface area contributed by atoms with E-state index in [1.807, 2.05) is 25.1 Å². The monoisotopic (exact) mass is 356 g/mol. The molecule has 0 saturated heterocycles. The number of likely N-dealkylation sites (N-methyl/N-ethyl adjacent to an activating group) is 1. The lowest BCUT2D eigenvalue weighted by Crippen LogP contribution is -2.31. The van der Waals surface area contributed by atoms with E-state index < -0.39 is 11.9 Å². The average molecular weight is 356 g/mol. The summed E-state index contributed by atoms with van der Waals surface area (Å²) in [6, 6.07) is 8.03. The number of carbonyl (C=O) groups is 2. The molecule has 0 bridgehead atoms. The molecule has 0 radical (unpaired) electrons. The number of rotatable bonds is 8. The van der Waals surface area contributed by atoms with Crippen molar-refractivity contribution in [3.63, 3.8) is 0 Å². The quantitative estimate of drug-likeness (QED) is 0.582. The minimum Gasteiger partial charge on any atom is -0.466 e. The molecule has 2 rings (SSSR count). The number of aromatic amines is 1. The van der Waals surface area contributed by atoms with Crippen LogP contribution in [-0.4, -0.2) is 49.1 Å². The molecule has 1 heterocycles. The number of esters is 2. The van der Waals surface area contributed by atoms with Crippen LogP contribution in [0.3, 0.4) is 0 Å². The summed E-state index contributed by atoms with van der Waals surface area (Å²) in [4.78, 5) is 28.9. The van der Waals surface area contributed by atoms with Crippen molar-refractivity contribution >= 4 is 28.9 Å². The fourth-order valence-electron chi connectivity index (χ4n) is 2.91. The minimum atomic E-state index is -0.595. The van der Waals surface area contributed by atoms with E-state index >= 15 is 0 Å². The number of aromatic nitrogens is 1. The highest BCUT2D eigenvalue weighted by Gasteiger charge is 2.20. The number of hydrogen-bond donors (Lipinski definition) is 1. The van der Waals surface area contributed by atoms with Crippen molar-refractivity contribution in [2.75, 3.05) is 27.3 Å². The number of H-pyrrole nitrogens is 1. The fourth-order valence-corrected chi connectivity index (χ4v) is 2.91. The summed E-state index contributed by atoms with van der Waals surface area (Å²) in [7, 11) is 2.56. The maximum atomic E-state index is 12.1. The molecule has 0 atom stereocenters. The number of methoxy groups -OCH3 is 2. The highest BCUT2D eigenvalue weighted by Crippen LogP contribution is 2.24. The maximum absolute atomic E-state index is 12.1. The summed E-state index contributed by atoms with van der Waals surface area (Å²) in [6.07, 6.45) is 3.63. The third-order valence-electron chi connectivity index (χ3n) is 4.26. The van der Waals surface area contributed by atoms with Crippen molar-refractivity contribution in [2.45, 2.75) is 13.3 Å². The van der Waals surface area contributed by atoms with Crippen molar-refractivity contribution in [3.8, 4) is 0 Å². The molecule has 26 heavy (non-hydrogen) atoms. The van der Waals surface area contributed by atoms with Gasteiger partial charge < -0.3 is 19.4 Å². The molecule has 0 spiro atoms. The van der Waals surface area contributed by atoms with Gasteiger partial charge in [0, 0.05) is 29.7 Å². The predicted molar refractivity (Wildman–Crippen MR) is 101 cm³/mol. The molecule has 1 N–H and O–H groups in total. The summed E-state index contributed by atoms with van der Waals surface area (Å²) in [5.41, 5.74) is 3.30. The van der Waals surface area contributed by atoms with Gasteiger partial charge in [0.05, 0.1) is 20.3 Å². The summed E-state index contributed by atoms with van der Waals surface area (Å²) < 4.78 is 9.46. The van der Waals surface area contributed by atoms with Crippen LogP contribution in [-0.2, 0) is 25.5 Å². The highest BCUT2D eigenvalue weighted by atomic mass is 16.5. The first kappa shape index (κ1) is 19.3. The van der Waals surface area contributed by atoms with Crippen LogP contribution in [0.2, 0.25) is 0 Å². The van der Waals surface area contributed by atoms with Gasteiger partial charge in [-0.2, -0.15) is 0 Å². The molecule has 138 valence electrons. The summed E-state index contributed by atoms with van der Waals surface area (Å²) in [5, 5.41) is 1.12. The number of fused-ring (bicyclic) bond motifs is 1. The second-order valence-corrected chi connectivity index (χ2v) is 5.64. The summed E-state index contributed by atoms with van der Waals surface area (Å²) in [5.74, 6) is -1.16. The normalized spacial score (nSPS) is 11.3. The SMILES string of the molecule is C=Cc1[nH]c2ccccc2c1CCN(CC)/C(=C/C(=O)OC)C(=O)OC. The van der Waals surface area contributed by atoms with E-state index in [1.165, 1.54) is 20.3 Å². The lowest BCUT2D eigenvalue weighted by atomic mass is 10.1. The largest absolute Gasteiger partial charge is 0.466 e. The molecule has 0 aliphatic rings. The number of nitrogens with zero attached hydrogens (tertiary/aromatic N) is 1. The van der Waals surface area contributed by atoms with Gasteiger partial charge >= 0.3 is 11.9 Å². The van der Waals surface area contributed by atoms with Gasteiger partial charge in [0.1, 0.15) is 5.70 Å². The van der Waals surface area contributed by atoms with E-state index in [-0.39, 0.29) is 5.70 Å². The Hall–Kier alpha value is -3.02. The van der Waals surface area contributed by atoms with Gasteiger partial charge in [-0.1, -0.05) is 24.8 Å². The van der Waals surface area contributed by atoms with Gasteiger partial charge in [-0.25, -0.2) is 9.59 Å². The lowest BCUT2D eigenvalue weighted by molar-refractivity contribution is -0.140. The van der Waals surface area contributed by atoms with Gasteiger partial charge in [0.25, 0.3) is 0 Å². The van der Waals surface area contributed by atoms with Crippen molar-refractivity contribution < 1.29 is 19.1 Å². The van der Waals surface area contributed by atoms with Crippen LogP contribution in [0.4, 0.5) is 0 Å². The number of ether oxygens (including phenoxy) is 2. The topological polar surface area (TPSA) is 71.6 Å². The molecular weight excluding hydrogens is 332 g/mol. The van der Waals surface area contributed by atoms with E-state index in [1.54, 1.807) is 11.0 Å². The zero-order chi connectivity index (χ0) is 19.1. The van der Waals surface area contributed by atoms with E-state index in [4.69, 9.17) is 4.74 Å². The van der Waals surface area contributed by atoms with Crippen molar-refractivity contribution in [2.24, 2.45) is 0 Å². The van der Waals surface area contributed by atoms with Crippen molar-refractivity contribution in [1.82, 2.24) is 9.88 Å². The van der Waals surface area contributed by atoms with Crippen molar-refractivity contribution in [1.29, 1.82) is 0 Å². The molecule has 1 aromatic carbocycles. The van der Waals surface area contributed by atoms with Gasteiger partial charge in [-0.15, -0.1) is 0 Å². The molecule has 0 aliphatic carbocycles. The van der Waals surface area contributed by atoms with Gasteiger partial charge in [-0.05, 0) is 31.1 Å². The zero-order valence-electron chi connectivity index (χ0n) is 15.4. The summed E-state index contributed by atoms with van der Waals surface area (Å²) in [6.45, 7) is 6.87. The van der Waals surface area contributed by atoms with Gasteiger partial charge in [-0.3, -0.25) is 0 Å². The summed E-state index contributed by atoms with van der Waals surface area (Å²) >= 11 is 0. The Labute approximate surface area is 153 Å². The number of hydrogen-bond acceptors (Lipinski definition) is 5. The van der Waals surface area contributed by atoms with Crippen LogP contribution in [0.1, 0.15) is 18.2 Å². The second kappa shape index (κ2) is 8.89. The van der Waals surface area contributed by atoms with Crippen molar-refractivity contribution in [3.05, 3.63) is 53.9 Å². The lowest BCUT2D eigenvalue weighted by Gasteiger charge is -2.24. The Bertz CT molecular complexity index is 835. The van der Waals surface area contributed by atoms with Crippen LogP contribution in [0.25, 0.3) is 17.0 Å². The van der Waals surface area contributed by atoms with Gasteiger partial charge in [0.15, 0.2) is 0 Å². The van der Waals surface area contributed by atoms with Crippen LogP contribution in [0.5, 0.6) is 0 Å². The van der Waals surface area contributed by atoms with E-state index in [0.29, 0.717) is 19.5 Å². The molecule has 6 heteroatoms. The van der Waals surface area contributed by atoms with E-state index in [9.17, 15) is 9.59 Å². The second-order valence-electron chi connectivity index (χ2n) is 5.64. The minimum absolute atomic E-state index is 0.182. The first-order valence-corrected chi connectivity index (χ1v) is 8.40. The molecule has 0 aliphatic heterocycles. The van der Waals surface area contributed by atoms with E-state index in [2.05, 4.69) is 22.4 Å². The number of para-hydroxylation sites is 1. The highest BCUT2D eigenvalue weighted by molar-refractivity contribution is 5.95. The molecule has 0 unspecified atom stereocenters. The molecule has 0 fully saturated rings. The molecule has 1 aromatic heterocycles. The molecule has 6 nitrogen and oxygen atoms in total. The number of nitrogens with one attached hydrogen (secondary N) is 1.